The first-order valence-corrected chi connectivity index (χ1v) is 11.5. The molecule has 3 aromatic rings. The maximum atomic E-state index is 12.4. The number of aromatic nitrogens is 3. The van der Waals surface area contributed by atoms with Crippen molar-refractivity contribution in [2.24, 2.45) is 7.05 Å². The second-order valence-corrected chi connectivity index (χ2v) is 8.89. The number of aryl methyl sites for hydroxylation is 2. The predicted molar refractivity (Wildman–Crippen MR) is 126 cm³/mol. The van der Waals surface area contributed by atoms with Gasteiger partial charge in [-0.1, -0.05) is 17.8 Å². The third-order valence-corrected chi connectivity index (χ3v) is 6.45. The summed E-state index contributed by atoms with van der Waals surface area (Å²) in [5.41, 5.74) is 3.04. The number of benzene rings is 2. The number of anilines is 1. The van der Waals surface area contributed by atoms with Gasteiger partial charge in [0.1, 0.15) is 11.5 Å². The Morgan fingerprint density at radius 1 is 1.19 bits per heavy atom. The molecule has 1 unspecified atom stereocenters. The second-order valence-electron chi connectivity index (χ2n) is 7.09. The minimum absolute atomic E-state index is 0.112. The topological polar surface area (TPSA) is 78.3 Å². The highest BCUT2D eigenvalue weighted by molar-refractivity contribution is 9.10. The van der Waals surface area contributed by atoms with Gasteiger partial charge in [0.05, 0.1) is 18.6 Å². The van der Waals surface area contributed by atoms with Crippen LogP contribution in [-0.4, -0.2) is 33.5 Å². The molecule has 0 aliphatic rings. The number of rotatable bonds is 8. The van der Waals surface area contributed by atoms with Crippen LogP contribution in [0.3, 0.4) is 0 Å². The number of hydrogen-bond acceptors (Lipinski definition) is 6. The van der Waals surface area contributed by atoms with E-state index in [1.807, 2.05) is 68.8 Å². The molecule has 0 aliphatic heterocycles. The highest BCUT2D eigenvalue weighted by atomic mass is 79.9. The van der Waals surface area contributed by atoms with Crippen LogP contribution in [0.2, 0.25) is 0 Å². The smallest absolute Gasteiger partial charge is 0.234 e. The first-order chi connectivity index (χ1) is 14.8. The molecule has 0 saturated carbocycles. The van der Waals surface area contributed by atoms with E-state index in [2.05, 4.69) is 31.4 Å². The first-order valence-electron chi connectivity index (χ1n) is 9.68. The fourth-order valence-corrected chi connectivity index (χ4v) is 4.21. The molecule has 1 aromatic heterocycles. The van der Waals surface area contributed by atoms with Crippen molar-refractivity contribution >= 4 is 39.3 Å². The number of nitrogens with zero attached hydrogens (tertiary/aromatic N) is 3. The molecule has 0 bridgehead atoms. The molecule has 164 valence electrons. The normalized spacial score (nSPS) is 11.8. The maximum absolute atomic E-state index is 12.4. The van der Waals surface area contributed by atoms with Gasteiger partial charge in [-0.15, -0.1) is 10.2 Å². The van der Waals surface area contributed by atoms with Crippen LogP contribution >= 0.6 is 27.7 Å². The highest BCUT2D eigenvalue weighted by Gasteiger charge is 2.18. The number of ether oxygens (including phenoxy) is 2. The van der Waals surface area contributed by atoms with Crippen molar-refractivity contribution in [3.63, 3.8) is 0 Å². The number of hydrogen-bond donors (Lipinski definition) is 1. The SMILES string of the molecule is COc1cccc(OC(C)c2nnc(SCC(=O)Nc3cc(C)c(C)cc3Br)n2C)c1. The number of carbonyl (C=O) groups is 1. The fraction of sp³-hybridized carbons (Fsp3) is 0.318. The lowest BCUT2D eigenvalue weighted by Gasteiger charge is -2.15. The minimum Gasteiger partial charge on any atom is -0.497 e. The van der Waals surface area contributed by atoms with E-state index in [0.29, 0.717) is 16.7 Å². The van der Waals surface area contributed by atoms with Gasteiger partial charge < -0.3 is 19.4 Å². The van der Waals surface area contributed by atoms with Crippen molar-refractivity contribution in [3.05, 3.63) is 57.8 Å². The molecule has 1 N–H and O–H groups in total. The number of amides is 1. The molecule has 7 nitrogen and oxygen atoms in total. The molecular formula is C22H25BrN4O3S. The van der Waals surface area contributed by atoms with E-state index in [4.69, 9.17) is 9.47 Å². The Balaban J connectivity index is 1.61. The van der Waals surface area contributed by atoms with Crippen molar-refractivity contribution in [1.29, 1.82) is 0 Å². The standard InChI is InChI=1S/C22H25BrN4O3S/c1-13-9-18(23)19(10-14(13)2)24-20(28)12-31-22-26-25-21(27(22)4)15(3)30-17-8-6-7-16(11-17)29-5/h6-11,15H,12H2,1-5H3,(H,24,28). The second kappa shape index (κ2) is 10.2. The van der Waals surface area contributed by atoms with Crippen LogP contribution in [0.1, 0.15) is 30.0 Å². The number of nitrogens with one attached hydrogen (secondary N) is 1. The molecule has 0 fully saturated rings. The van der Waals surface area contributed by atoms with Crippen LogP contribution < -0.4 is 14.8 Å². The summed E-state index contributed by atoms with van der Waals surface area (Å²) in [6.45, 7) is 5.95. The molecular weight excluding hydrogens is 480 g/mol. The van der Waals surface area contributed by atoms with Crippen LogP contribution in [0.5, 0.6) is 11.5 Å². The molecule has 9 heteroatoms. The molecule has 0 saturated heterocycles. The average Bonchev–Trinajstić information content (AvgIpc) is 3.11. The van der Waals surface area contributed by atoms with E-state index in [1.54, 1.807) is 7.11 Å². The summed E-state index contributed by atoms with van der Waals surface area (Å²) in [6, 6.07) is 11.4. The van der Waals surface area contributed by atoms with E-state index in [9.17, 15) is 4.79 Å². The van der Waals surface area contributed by atoms with Gasteiger partial charge in [0.2, 0.25) is 5.91 Å². The Hall–Kier alpha value is -2.52. The van der Waals surface area contributed by atoms with Crippen molar-refractivity contribution in [3.8, 4) is 11.5 Å². The molecule has 1 atom stereocenters. The summed E-state index contributed by atoms with van der Waals surface area (Å²) < 4.78 is 13.9. The Bertz CT molecular complexity index is 1090. The molecule has 0 spiro atoms. The van der Waals surface area contributed by atoms with Gasteiger partial charge in [-0.3, -0.25) is 4.79 Å². The number of halogens is 1. The number of thioether (sulfide) groups is 1. The number of methoxy groups -OCH3 is 1. The van der Waals surface area contributed by atoms with Gasteiger partial charge >= 0.3 is 0 Å². The molecule has 31 heavy (non-hydrogen) atoms. The lowest BCUT2D eigenvalue weighted by atomic mass is 10.1. The molecule has 3 rings (SSSR count). The van der Waals surface area contributed by atoms with Gasteiger partial charge in [0, 0.05) is 17.6 Å². The zero-order valence-electron chi connectivity index (χ0n) is 18.1. The van der Waals surface area contributed by atoms with Crippen molar-refractivity contribution in [1.82, 2.24) is 14.8 Å². The van der Waals surface area contributed by atoms with Crippen molar-refractivity contribution < 1.29 is 14.3 Å². The van der Waals surface area contributed by atoms with E-state index in [0.717, 1.165) is 27.0 Å². The van der Waals surface area contributed by atoms with Crippen LogP contribution in [0.15, 0.2) is 46.0 Å². The zero-order chi connectivity index (χ0) is 22.5. The zero-order valence-corrected chi connectivity index (χ0v) is 20.5. The summed E-state index contributed by atoms with van der Waals surface area (Å²) in [4.78, 5) is 12.4. The van der Waals surface area contributed by atoms with E-state index in [-0.39, 0.29) is 17.8 Å². The van der Waals surface area contributed by atoms with Gasteiger partial charge in [-0.25, -0.2) is 0 Å². The van der Waals surface area contributed by atoms with Gasteiger partial charge in [0.15, 0.2) is 17.1 Å². The Kier molecular flexibility index (Phi) is 7.61. The van der Waals surface area contributed by atoms with E-state index in [1.165, 1.54) is 11.8 Å². The summed E-state index contributed by atoms with van der Waals surface area (Å²) in [7, 11) is 3.48. The molecule has 1 amide bonds. The highest BCUT2D eigenvalue weighted by Crippen LogP contribution is 2.28. The van der Waals surface area contributed by atoms with Crippen LogP contribution in [0.4, 0.5) is 5.69 Å². The van der Waals surface area contributed by atoms with Gasteiger partial charge in [-0.05, 0) is 72.1 Å². The largest absolute Gasteiger partial charge is 0.497 e. The lowest BCUT2D eigenvalue weighted by Crippen LogP contribution is -2.15. The summed E-state index contributed by atoms with van der Waals surface area (Å²) >= 11 is 4.83. The molecule has 2 aromatic carbocycles. The Morgan fingerprint density at radius 3 is 2.65 bits per heavy atom. The summed E-state index contributed by atoms with van der Waals surface area (Å²) in [6.07, 6.45) is -0.320. The van der Waals surface area contributed by atoms with E-state index < -0.39 is 0 Å². The summed E-state index contributed by atoms with van der Waals surface area (Å²) in [5.74, 6) is 2.18. The Labute approximate surface area is 194 Å². The first kappa shape index (κ1) is 23.1. The Morgan fingerprint density at radius 2 is 1.90 bits per heavy atom. The van der Waals surface area contributed by atoms with Crippen molar-refractivity contribution in [2.45, 2.75) is 32.0 Å². The van der Waals surface area contributed by atoms with Crippen molar-refractivity contribution in [2.75, 3.05) is 18.2 Å². The van der Waals surface area contributed by atoms with Gasteiger partial charge in [-0.2, -0.15) is 0 Å². The van der Waals surface area contributed by atoms with Crippen LogP contribution in [0.25, 0.3) is 0 Å². The molecule has 0 aliphatic carbocycles. The van der Waals surface area contributed by atoms with E-state index >= 15 is 0 Å². The van der Waals surface area contributed by atoms with Crippen LogP contribution in [0, 0.1) is 13.8 Å². The molecule has 1 heterocycles. The average molecular weight is 505 g/mol. The minimum atomic E-state index is -0.320. The third kappa shape index (κ3) is 5.80. The summed E-state index contributed by atoms with van der Waals surface area (Å²) in [5, 5.41) is 12.0. The van der Waals surface area contributed by atoms with Gasteiger partial charge in [0.25, 0.3) is 0 Å². The third-order valence-electron chi connectivity index (χ3n) is 4.78. The lowest BCUT2D eigenvalue weighted by molar-refractivity contribution is -0.113. The number of carbonyl (C=O) groups excluding carboxylic acids is 1. The fourth-order valence-electron chi connectivity index (χ4n) is 2.93. The quantitative estimate of drug-likeness (QED) is 0.431. The van der Waals surface area contributed by atoms with Crippen LogP contribution in [-0.2, 0) is 11.8 Å². The molecule has 0 radical (unpaired) electrons. The maximum Gasteiger partial charge on any atom is 0.234 e. The monoisotopic (exact) mass is 504 g/mol. The predicted octanol–water partition coefficient (Wildman–Crippen LogP) is 5.07.